The van der Waals surface area contributed by atoms with Gasteiger partial charge in [0, 0.05) is 17.5 Å². The van der Waals surface area contributed by atoms with Gasteiger partial charge in [0.15, 0.2) is 0 Å². The van der Waals surface area contributed by atoms with Crippen LogP contribution in [-0.4, -0.2) is 13.1 Å². The second kappa shape index (κ2) is 4.33. The fraction of sp³-hybridized carbons (Fsp3) is 0.500. The largest absolute Gasteiger partial charge is 0.316 e. The molecule has 76 valence electrons. The molecule has 1 aromatic carbocycles. The van der Waals surface area contributed by atoms with Crippen molar-refractivity contribution in [2.24, 2.45) is 5.92 Å². The molecule has 2 rings (SSSR count). The SMILES string of the molecule is CCC1CNCC1c1cccc(Cl)c1. The Morgan fingerprint density at radius 2 is 2.29 bits per heavy atom. The molecule has 0 radical (unpaired) electrons. The molecule has 1 N–H and O–H groups in total. The van der Waals surface area contributed by atoms with E-state index in [-0.39, 0.29) is 0 Å². The van der Waals surface area contributed by atoms with Crippen LogP contribution in [0.1, 0.15) is 24.8 Å². The predicted octanol–water partition coefficient (Wildman–Crippen LogP) is 3.05. The Hall–Kier alpha value is -0.530. The summed E-state index contributed by atoms with van der Waals surface area (Å²) in [4.78, 5) is 0. The topological polar surface area (TPSA) is 12.0 Å². The summed E-state index contributed by atoms with van der Waals surface area (Å²) < 4.78 is 0. The second-order valence-electron chi connectivity index (χ2n) is 3.99. The molecule has 0 spiro atoms. The number of hydrogen-bond acceptors (Lipinski definition) is 1. The summed E-state index contributed by atoms with van der Waals surface area (Å²) in [6.45, 7) is 4.50. The highest BCUT2D eigenvalue weighted by Gasteiger charge is 2.26. The van der Waals surface area contributed by atoms with Crippen LogP contribution in [0.2, 0.25) is 5.02 Å². The van der Waals surface area contributed by atoms with Crippen LogP contribution in [0, 0.1) is 5.92 Å². The first-order chi connectivity index (χ1) is 6.81. The van der Waals surface area contributed by atoms with Crippen LogP contribution in [0.15, 0.2) is 24.3 Å². The average Bonchev–Trinajstić information content (AvgIpc) is 2.65. The third-order valence-corrected chi connectivity index (χ3v) is 3.38. The highest BCUT2D eigenvalue weighted by molar-refractivity contribution is 6.30. The minimum absolute atomic E-state index is 0.652. The van der Waals surface area contributed by atoms with Crippen LogP contribution < -0.4 is 5.32 Å². The average molecular weight is 210 g/mol. The van der Waals surface area contributed by atoms with E-state index in [1.807, 2.05) is 12.1 Å². The van der Waals surface area contributed by atoms with Crippen molar-refractivity contribution in [3.05, 3.63) is 34.9 Å². The minimum atomic E-state index is 0.652. The molecule has 0 bridgehead atoms. The molecule has 1 saturated heterocycles. The lowest BCUT2D eigenvalue weighted by atomic mass is 9.87. The van der Waals surface area contributed by atoms with E-state index in [1.165, 1.54) is 12.0 Å². The maximum atomic E-state index is 5.99. The predicted molar refractivity (Wildman–Crippen MR) is 60.8 cm³/mol. The number of halogens is 1. The summed E-state index contributed by atoms with van der Waals surface area (Å²) in [5.74, 6) is 1.42. The van der Waals surface area contributed by atoms with Crippen LogP contribution in [0.5, 0.6) is 0 Å². The van der Waals surface area contributed by atoms with Crippen LogP contribution in [0.4, 0.5) is 0 Å². The molecule has 2 heteroatoms. The van der Waals surface area contributed by atoms with Crippen LogP contribution >= 0.6 is 11.6 Å². The first kappa shape index (κ1) is 10.0. The third-order valence-electron chi connectivity index (χ3n) is 3.14. The Labute approximate surface area is 90.5 Å². The molecule has 1 nitrogen and oxygen atoms in total. The summed E-state index contributed by atoms with van der Waals surface area (Å²) in [7, 11) is 0. The van der Waals surface area contributed by atoms with E-state index < -0.39 is 0 Å². The van der Waals surface area contributed by atoms with Gasteiger partial charge in [-0.05, 0) is 30.2 Å². The van der Waals surface area contributed by atoms with E-state index in [2.05, 4.69) is 24.4 Å². The lowest BCUT2D eigenvalue weighted by Crippen LogP contribution is -2.09. The molecule has 1 fully saturated rings. The normalized spacial score (nSPS) is 26.7. The van der Waals surface area contributed by atoms with Gasteiger partial charge in [-0.3, -0.25) is 0 Å². The molecule has 2 atom stereocenters. The molecule has 0 amide bonds. The van der Waals surface area contributed by atoms with Gasteiger partial charge in [0.1, 0.15) is 0 Å². The molecule has 0 aromatic heterocycles. The Kier molecular flexibility index (Phi) is 3.09. The van der Waals surface area contributed by atoms with Crippen molar-refractivity contribution in [2.75, 3.05) is 13.1 Å². The van der Waals surface area contributed by atoms with Crippen LogP contribution in [0.3, 0.4) is 0 Å². The Balaban J connectivity index is 2.21. The van der Waals surface area contributed by atoms with E-state index >= 15 is 0 Å². The van der Waals surface area contributed by atoms with Crippen molar-refractivity contribution in [2.45, 2.75) is 19.3 Å². The summed E-state index contributed by atoms with van der Waals surface area (Å²) >= 11 is 5.99. The van der Waals surface area contributed by atoms with E-state index in [0.717, 1.165) is 24.0 Å². The molecule has 14 heavy (non-hydrogen) atoms. The summed E-state index contributed by atoms with van der Waals surface area (Å²) in [6, 6.07) is 8.27. The molecular formula is C12H16ClN. The number of hydrogen-bond donors (Lipinski definition) is 1. The molecule has 2 unspecified atom stereocenters. The van der Waals surface area contributed by atoms with E-state index in [4.69, 9.17) is 11.6 Å². The summed E-state index contributed by atoms with van der Waals surface area (Å²) in [5, 5.41) is 4.30. The molecule has 1 aliphatic heterocycles. The zero-order valence-corrected chi connectivity index (χ0v) is 9.22. The van der Waals surface area contributed by atoms with Gasteiger partial charge in [-0.2, -0.15) is 0 Å². The molecule has 1 aromatic rings. The summed E-state index contributed by atoms with van der Waals surface area (Å²) in [6.07, 6.45) is 1.24. The van der Waals surface area contributed by atoms with Gasteiger partial charge in [0.25, 0.3) is 0 Å². The van der Waals surface area contributed by atoms with Gasteiger partial charge in [-0.15, -0.1) is 0 Å². The first-order valence-corrected chi connectivity index (χ1v) is 5.65. The molecule has 1 aliphatic rings. The van der Waals surface area contributed by atoms with Gasteiger partial charge in [-0.25, -0.2) is 0 Å². The van der Waals surface area contributed by atoms with Crippen LogP contribution in [0.25, 0.3) is 0 Å². The highest BCUT2D eigenvalue weighted by Crippen LogP contribution is 2.31. The van der Waals surface area contributed by atoms with Crippen molar-refractivity contribution in [1.29, 1.82) is 0 Å². The Bertz CT molecular complexity index is 311. The maximum Gasteiger partial charge on any atom is 0.0408 e. The van der Waals surface area contributed by atoms with Crippen molar-refractivity contribution in [3.63, 3.8) is 0 Å². The third kappa shape index (κ3) is 1.94. The van der Waals surface area contributed by atoms with E-state index in [0.29, 0.717) is 5.92 Å². The quantitative estimate of drug-likeness (QED) is 0.790. The molecule has 1 heterocycles. The molecule has 0 saturated carbocycles. The fourth-order valence-electron chi connectivity index (χ4n) is 2.29. The summed E-state index contributed by atoms with van der Waals surface area (Å²) in [5.41, 5.74) is 1.38. The highest BCUT2D eigenvalue weighted by atomic mass is 35.5. The van der Waals surface area contributed by atoms with Crippen LogP contribution in [-0.2, 0) is 0 Å². The standard InChI is InChI=1S/C12H16ClN/c1-2-9-7-14-8-12(9)10-4-3-5-11(13)6-10/h3-6,9,12,14H,2,7-8H2,1H3. The van der Waals surface area contributed by atoms with Crippen molar-refractivity contribution < 1.29 is 0 Å². The number of nitrogens with one attached hydrogen (secondary N) is 1. The van der Waals surface area contributed by atoms with Gasteiger partial charge in [0.2, 0.25) is 0 Å². The van der Waals surface area contributed by atoms with E-state index in [9.17, 15) is 0 Å². The molecular weight excluding hydrogens is 194 g/mol. The van der Waals surface area contributed by atoms with Crippen molar-refractivity contribution in [1.82, 2.24) is 5.32 Å². The van der Waals surface area contributed by atoms with E-state index in [1.54, 1.807) is 0 Å². The van der Waals surface area contributed by atoms with Crippen molar-refractivity contribution in [3.8, 4) is 0 Å². The van der Waals surface area contributed by atoms with Crippen molar-refractivity contribution >= 4 is 11.6 Å². The zero-order valence-electron chi connectivity index (χ0n) is 8.46. The lowest BCUT2D eigenvalue weighted by Gasteiger charge is -2.17. The maximum absolute atomic E-state index is 5.99. The number of rotatable bonds is 2. The second-order valence-corrected chi connectivity index (χ2v) is 4.42. The zero-order chi connectivity index (χ0) is 9.97. The lowest BCUT2D eigenvalue weighted by molar-refractivity contribution is 0.503. The van der Waals surface area contributed by atoms with Gasteiger partial charge in [-0.1, -0.05) is 37.1 Å². The monoisotopic (exact) mass is 209 g/mol. The Morgan fingerprint density at radius 3 is 3.00 bits per heavy atom. The van der Waals surface area contributed by atoms with Gasteiger partial charge < -0.3 is 5.32 Å². The minimum Gasteiger partial charge on any atom is -0.316 e. The smallest absolute Gasteiger partial charge is 0.0408 e. The first-order valence-electron chi connectivity index (χ1n) is 5.27. The fourth-order valence-corrected chi connectivity index (χ4v) is 2.49. The number of benzene rings is 1. The van der Waals surface area contributed by atoms with Gasteiger partial charge >= 0.3 is 0 Å². The Morgan fingerprint density at radius 1 is 1.43 bits per heavy atom. The molecule has 0 aliphatic carbocycles. The van der Waals surface area contributed by atoms with Gasteiger partial charge in [0.05, 0.1) is 0 Å².